The standard InChI is InChI=1S/C12H14FNO4/c1-2-10(12(16)17)14-11(15)7-18-9-5-3-8(13)4-6-9/h3-6,10H,2,7H2,1H3,(H,14,15)(H,16,17)/t10-/m1/s1. The molecule has 1 rings (SSSR count). The predicted molar refractivity (Wildman–Crippen MR) is 61.8 cm³/mol. The van der Waals surface area contributed by atoms with Gasteiger partial charge in [-0.2, -0.15) is 0 Å². The van der Waals surface area contributed by atoms with Crippen LogP contribution in [0.5, 0.6) is 5.75 Å². The number of carboxylic acid groups (broad SMARTS) is 1. The molecule has 6 heteroatoms. The fraction of sp³-hybridized carbons (Fsp3) is 0.333. The molecule has 0 aromatic heterocycles. The van der Waals surface area contributed by atoms with Gasteiger partial charge in [0, 0.05) is 0 Å². The molecule has 18 heavy (non-hydrogen) atoms. The molecule has 0 heterocycles. The van der Waals surface area contributed by atoms with E-state index in [0.29, 0.717) is 5.75 Å². The van der Waals surface area contributed by atoms with E-state index in [1.807, 2.05) is 0 Å². The van der Waals surface area contributed by atoms with Gasteiger partial charge >= 0.3 is 5.97 Å². The maximum absolute atomic E-state index is 12.6. The maximum atomic E-state index is 12.6. The zero-order valence-corrected chi connectivity index (χ0v) is 9.85. The highest BCUT2D eigenvalue weighted by Gasteiger charge is 2.17. The van der Waals surface area contributed by atoms with Crippen molar-refractivity contribution in [2.24, 2.45) is 0 Å². The van der Waals surface area contributed by atoms with Crippen LogP contribution in [0.1, 0.15) is 13.3 Å². The van der Waals surface area contributed by atoms with E-state index in [9.17, 15) is 14.0 Å². The number of carbonyl (C=O) groups is 2. The Morgan fingerprint density at radius 2 is 2.00 bits per heavy atom. The Labute approximate surface area is 104 Å². The van der Waals surface area contributed by atoms with E-state index in [2.05, 4.69) is 5.32 Å². The second kappa shape index (κ2) is 6.58. The summed E-state index contributed by atoms with van der Waals surface area (Å²) in [5.41, 5.74) is 0. The lowest BCUT2D eigenvalue weighted by Crippen LogP contribution is -2.42. The van der Waals surface area contributed by atoms with Crippen LogP contribution in [0.15, 0.2) is 24.3 Å². The monoisotopic (exact) mass is 255 g/mol. The van der Waals surface area contributed by atoms with Gasteiger partial charge in [-0.1, -0.05) is 6.92 Å². The average Bonchev–Trinajstić information content (AvgIpc) is 2.35. The number of ether oxygens (including phenoxy) is 1. The lowest BCUT2D eigenvalue weighted by atomic mass is 10.2. The van der Waals surface area contributed by atoms with E-state index in [-0.39, 0.29) is 13.0 Å². The number of hydrogen-bond donors (Lipinski definition) is 2. The zero-order chi connectivity index (χ0) is 13.5. The molecule has 0 fully saturated rings. The summed E-state index contributed by atoms with van der Waals surface area (Å²) in [4.78, 5) is 22.1. The first-order valence-corrected chi connectivity index (χ1v) is 5.43. The van der Waals surface area contributed by atoms with Crippen LogP contribution in [-0.4, -0.2) is 29.6 Å². The molecule has 1 aromatic carbocycles. The van der Waals surface area contributed by atoms with Crippen molar-refractivity contribution in [1.29, 1.82) is 0 Å². The van der Waals surface area contributed by atoms with Crippen molar-refractivity contribution in [2.45, 2.75) is 19.4 Å². The third kappa shape index (κ3) is 4.40. The highest BCUT2D eigenvalue weighted by Crippen LogP contribution is 2.10. The van der Waals surface area contributed by atoms with Crippen LogP contribution in [0.4, 0.5) is 4.39 Å². The summed E-state index contributed by atoms with van der Waals surface area (Å²) in [5, 5.41) is 11.1. The highest BCUT2D eigenvalue weighted by atomic mass is 19.1. The third-order valence-electron chi connectivity index (χ3n) is 2.23. The van der Waals surface area contributed by atoms with Gasteiger partial charge in [0.2, 0.25) is 0 Å². The molecule has 2 N–H and O–H groups in total. The van der Waals surface area contributed by atoms with Crippen molar-refractivity contribution in [3.05, 3.63) is 30.1 Å². The largest absolute Gasteiger partial charge is 0.484 e. The molecule has 0 bridgehead atoms. The molecule has 1 aromatic rings. The van der Waals surface area contributed by atoms with E-state index in [1.165, 1.54) is 24.3 Å². The Morgan fingerprint density at radius 1 is 1.39 bits per heavy atom. The maximum Gasteiger partial charge on any atom is 0.326 e. The number of hydrogen-bond acceptors (Lipinski definition) is 3. The average molecular weight is 255 g/mol. The number of rotatable bonds is 6. The van der Waals surface area contributed by atoms with E-state index < -0.39 is 23.7 Å². The van der Waals surface area contributed by atoms with Gasteiger partial charge in [-0.15, -0.1) is 0 Å². The second-order valence-electron chi connectivity index (χ2n) is 3.61. The summed E-state index contributed by atoms with van der Waals surface area (Å²) in [7, 11) is 0. The molecule has 0 saturated heterocycles. The number of aliphatic carboxylic acids is 1. The quantitative estimate of drug-likeness (QED) is 0.800. The molecule has 98 valence electrons. The van der Waals surface area contributed by atoms with Crippen molar-refractivity contribution in [2.75, 3.05) is 6.61 Å². The van der Waals surface area contributed by atoms with Crippen molar-refractivity contribution >= 4 is 11.9 Å². The van der Waals surface area contributed by atoms with Gasteiger partial charge in [0.05, 0.1) is 0 Å². The van der Waals surface area contributed by atoms with Gasteiger partial charge in [-0.05, 0) is 30.7 Å². The molecule has 0 radical (unpaired) electrons. The summed E-state index contributed by atoms with van der Waals surface area (Å²) < 4.78 is 17.7. The third-order valence-corrected chi connectivity index (χ3v) is 2.23. The normalized spacial score (nSPS) is 11.7. The molecule has 0 aliphatic rings. The smallest absolute Gasteiger partial charge is 0.326 e. The van der Waals surface area contributed by atoms with Crippen LogP contribution in [0, 0.1) is 5.82 Å². The zero-order valence-electron chi connectivity index (χ0n) is 9.85. The van der Waals surface area contributed by atoms with E-state index in [1.54, 1.807) is 6.92 Å². The van der Waals surface area contributed by atoms with Crippen LogP contribution in [0.2, 0.25) is 0 Å². The summed E-state index contributed by atoms with van der Waals surface area (Å²) in [5.74, 6) is -1.68. The van der Waals surface area contributed by atoms with E-state index in [4.69, 9.17) is 9.84 Å². The fourth-order valence-electron chi connectivity index (χ4n) is 1.25. The van der Waals surface area contributed by atoms with Crippen molar-refractivity contribution in [3.8, 4) is 5.75 Å². The number of halogens is 1. The van der Waals surface area contributed by atoms with Crippen LogP contribution in [0.25, 0.3) is 0 Å². The number of benzene rings is 1. The topological polar surface area (TPSA) is 75.6 Å². The molecule has 1 atom stereocenters. The molecule has 1 amide bonds. The van der Waals surface area contributed by atoms with Crippen molar-refractivity contribution in [1.82, 2.24) is 5.32 Å². The molecule has 0 aliphatic carbocycles. The molecular weight excluding hydrogens is 241 g/mol. The molecule has 0 unspecified atom stereocenters. The van der Waals surface area contributed by atoms with Crippen LogP contribution < -0.4 is 10.1 Å². The Kier molecular flexibility index (Phi) is 5.10. The van der Waals surface area contributed by atoms with Crippen LogP contribution in [0.3, 0.4) is 0 Å². The fourth-order valence-corrected chi connectivity index (χ4v) is 1.25. The molecule has 0 saturated carbocycles. The number of carbonyl (C=O) groups excluding carboxylic acids is 1. The molecular formula is C12H14FNO4. The van der Waals surface area contributed by atoms with Gasteiger partial charge in [0.1, 0.15) is 17.6 Å². The number of carboxylic acids is 1. The molecule has 5 nitrogen and oxygen atoms in total. The minimum absolute atomic E-state index is 0.289. The first kappa shape index (κ1) is 14.0. The SMILES string of the molecule is CC[C@@H](NC(=O)COc1ccc(F)cc1)C(=O)O. The van der Waals surface area contributed by atoms with Crippen molar-refractivity contribution < 1.29 is 23.8 Å². The van der Waals surface area contributed by atoms with Gasteiger partial charge in [0.15, 0.2) is 6.61 Å². The van der Waals surface area contributed by atoms with Crippen molar-refractivity contribution in [3.63, 3.8) is 0 Å². The van der Waals surface area contributed by atoms with Crippen LogP contribution >= 0.6 is 0 Å². The molecule has 0 aliphatic heterocycles. The Morgan fingerprint density at radius 3 is 2.50 bits per heavy atom. The van der Waals surface area contributed by atoms with E-state index in [0.717, 1.165) is 0 Å². The minimum atomic E-state index is -1.09. The van der Waals surface area contributed by atoms with Gasteiger partial charge in [-0.3, -0.25) is 4.79 Å². The summed E-state index contributed by atoms with van der Waals surface area (Å²) in [6, 6.07) is 4.27. The Hall–Kier alpha value is -2.11. The number of nitrogens with one attached hydrogen (secondary N) is 1. The van der Waals surface area contributed by atoms with E-state index >= 15 is 0 Å². The van der Waals surface area contributed by atoms with Gasteiger partial charge in [-0.25, -0.2) is 9.18 Å². The first-order valence-electron chi connectivity index (χ1n) is 5.43. The lowest BCUT2D eigenvalue weighted by molar-refractivity contribution is -0.142. The summed E-state index contributed by atoms with van der Waals surface area (Å²) in [6.45, 7) is 1.34. The Balaban J connectivity index is 2.41. The highest BCUT2D eigenvalue weighted by molar-refractivity contribution is 5.84. The minimum Gasteiger partial charge on any atom is -0.484 e. The van der Waals surface area contributed by atoms with Crippen LogP contribution in [-0.2, 0) is 9.59 Å². The second-order valence-corrected chi connectivity index (χ2v) is 3.61. The van der Waals surface area contributed by atoms with Gasteiger partial charge in [0.25, 0.3) is 5.91 Å². The lowest BCUT2D eigenvalue weighted by Gasteiger charge is -2.12. The molecule has 0 spiro atoms. The first-order chi connectivity index (χ1) is 8.52. The van der Waals surface area contributed by atoms with Gasteiger partial charge < -0.3 is 15.2 Å². The number of amides is 1. The predicted octanol–water partition coefficient (Wildman–Crippen LogP) is 1.18. The Bertz CT molecular complexity index is 419. The summed E-state index contributed by atoms with van der Waals surface area (Å²) in [6.07, 6.45) is 0.289. The summed E-state index contributed by atoms with van der Waals surface area (Å²) >= 11 is 0.